The standard InChI is InChI=1S/C23H20IN5O4/c24-15-3-6-17-18(10-15)28-19(30)9-14-11-26-23(29-21(14)17)27-16-4-1-13(2-5-16)22(31)25-12-20-32-7-8-33-20/h1-6,10-11,20H,7-9,12H2,(H,25,31)(H,28,30)(H,26,27,29). The number of aromatic nitrogens is 2. The van der Waals surface area contributed by atoms with Crippen LogP contribution in [0.25, 0.3) is 11.3 Å². The Morgan fingerprint density at radius 1 is 1.15 bits per heavy atom. The van der Waals surface area contributed by atoms with Gasteiger partial charge in [0.2, 0.25) is 11.9 Å². The molecule has 2 aromatic carbocycles. The second kappa shape index (κ2) is 9.41. The Balaban J connectivity index is 1.32. The summed E-state index contributed by atoms with van der Waals surface area (Å²) in [5.41, 5.74) is 4.32. The highest BCUT2D eigenvalue weighted by molar-refractivity contribution is 14.1. The third-order valence-electron chi connectivity index (χ3n) is 5.25. The van der Waals surface area contributed by atoms with E-state index in [9.17, 15) is 9.59 Å². The van der Waals surface area contributed by atoms with Crippen LogP contribution in [0.3, 0.4) is 0 Å². The Morgan fingerprint density at radius 3 is 2.73 bits per heavy atom. The van der Waals surface area contributed by atoms with Crippen LogP contribution < -0.4 is 16.0 Å². The topological polar surface area (TPSA) is 114 Å². The molecule has 0 bridgehead atoms. The molecule has 2 amide bonds. The first-order valence-electron chi connectivity index (χ1n) is 10.4. The van der Waals surface area contributed by atoms with Crippen LogP contribution in [0, 0.1) is 3.57 Å². The minimum Gasteiger partial charge on any atom is -0.348 e. The lowest BCUT2D eigenvalue weighted by Gasteiger charge is -2.12. The van der Waals surface area contributed by atoms with Gasteiger partial charge in [0, 0.05) is 32.1 Å². The van der Waals surface area contributed by atoms with Gasteiger partial charge in [0.1, 0.15) is 0 Å². The number of fused-ring (bicyclic) bond motifs is 3. The predicted molar refractivity (Wildman–Crippen MR) is 130 cm³/mol. The summed E-state index contributed by atoms with van der Waals surface area (Å²) in [5.74, 6) is 0.104. The number of nitrogens with zero attached hydrogens (tertiary/aromatic N) is 2. The van der Waals surface area contributed by atoms with Crippen molar-refractivity contribution in [2.45, 2.75) is 12.7 Å². The molecule has 1 saturated heterocycles. The van der Waals surface area contributed by atoms with Crippen molar-refractivity contribution in [3.05, 3.63) is 63.4 Å². The number of anilines is 3. The Labute approximate surface area is 203 Å². The number of nitrogens with one attached hydrogen (secondary N) is 3. The van der Waals surface area contributed by atoms with E-state index in [4.69, 9.17) is 9.47 Å². The molecule has 3 aromatic rings. The number of ether oxygens (including phenoxy) is 2. The zero-order valence-corrected chi connectivity index (χ0v) is 19.6. The zero-order valence-electron chi connectivity index (χ0n) is 17.4. The first-order valence-corrected chi connectivity index (χ1v) is 11.5. The van der Waals surface area contributed by atoms with Crippen LogP contribution in [0.1, 0.15) is 15.9 Å². The van der Waals surface area contributed by atoms with Crippen molar-refractivity contribution in [2.75, 3.05) is 30.4 Å². The van der Waals surface area contributed by atoms with E-state index in [0.717, 1.165) is 26.1 Å². The Hall–Kier alpha value is -3.09. The molecule has 3 heterocycles. The quantitative estimate of drug-likeness (QED) is 0.414. The molecule has 0 atom stereocenters. The van der Waals surface area contributed by atoms with Gasteiger partial charge in [-0.3, -0.25) is 9.59 Å². The van der Waals surface area contributed by atoms with Gasteiger partial charge >= 0.3 is 0 Å². The number of benzene rings is 2. The average Bonchev–Trinajstić information content (AvgIpc) is 3.28. The largest absolute Gasteiger partial charge is 0.348 e. The van der Waals surface area contributed by atoms with Crippen molar-refractivity contribution < 1.29 is 19.1 Å². The molecular formula is C23H20IN5O4. The van der Waals surface area contributed by atoms with E-state index in [0.29, 0.717) is 37.0 Å². The lowest BCUT2D eigenvalue weighted by atomic mass is 10.1. The molecule has 0 unspecified atom stereocenters. The van der Waals surface area contributed by atoms with Gasteiger partial charge in [0.15, 0.2) is 6.29 Å². The molecule has 3 N–H and O–H groups in total. The van der Waals surface area contributed by atoms with Crippen LogP contribution in [0.2, 0.25) is 0 Å². The van der Waals surface area contributed by atoms with E-state index in [1.165, 1.54) is 0 Å². The van der Waals surface area contributed by atoms with Gasteiger partial charge in [0.05, 0.1) is 37.6 Å². The van der Waals surface area contributed by atoms with Crippen LogP contribution in [-0.2, 0) is 20.7 Å². The summed E-state index contributed by atoms with van der Waals surface area (Å²) in [6, 6.07) is 12.9. The fourth-order valence-corrected chi connectivity index (χ4v) is 4.15. The van der Waals surface area contributed by atoms with E-state index < -0.39 is 0 Å². The van der Waals surface area contributed by atoms with Crippen LogP contribution in [-0.4, -0.2) is 47.8 Å². The van der Waals surface area contributed by atoms with Gasteiger partial charge in [-0.15, -0.1) is 0 Å². The number of hydrogen-bond donors (Lipinski definition) is 3. The second-order valence-electron chi connectivity index (χ2n) is 7.57. The molecule has 2 aliphatic rings. The summed E-state index contributed by atoms with van der Waals surface area (Å²) in [4.78, 5) is 33.7. The minimum atomic E-state index is -0.390. The molecule has 1 fully saturated rings. The smallest absolute Gasteiger partial charge is 0.251 e. The molecule has 0 aliphatic carbocycles. The fourth-order valence-electron chi connectivity index (χ4n) is 3.66. The van der Waals surface area contributed by atoms with Crippen molar-refractivity contribution in [2.24, 2.45) is 0 Å². The Kier molecular flexibility index (Phi) is 6.20. The van der Waals surface area contributed by atoms with Crippen molar-refractivity contribution in [3.63, 3.8) is 0 Å². The van der Waals surface area contributed by atoms with E-state index in [2.05, 4.69) is 48.5 Å². The Bertz CT molecular complexity index is 1210. The molecule has 0 saturated carbocycles. The number of carbonyl (C=O) groups excluding carboxylic acids is 2. The van der Waals surface area contributed by atoms with Crippen LogP contribution in [0.4, 0.5) is 17.3 Å². The molecule has 2 aliphatic heterocycles. The van der Waals surface area contributed by atoms with Crippen molar-refractivity contribution in [3.8, 4) is 11.3 Å². The lowest BCUT2D eigenvalue weighted by molar-refractivity contribution is -0.115. The highest BCUT2D eigenvalue weighted by Crippen LogP contribution is 2.34. The molecule has 0 radical (unpaired) electrons. The van der Waals surface area contributed by atoms with Crippen LogP contribution in [0.15, 0.2) is 48.7 Å². The molecule has 1 aromatic heterocycles. The third kappa shape index (κ3) is 4.97. The van der Waals surface area contributed by atoms with Crippen molar-refractivity contribution >= 4 is 51.7 Å². The summed E-state index contributed by atoms with van der Waals surface area (Å²) in [6.45, 7) is 1.40. The van der Waals surface area contributed by atoms with Crippen LogP contribution >= 0.6 is 22.6 Å². The molecule has 9 nitrogen and oxygen atoms in total. The zero-order chi connectivity index (χ0) is 22.8. The normalized spacial score (nSPS) is 15.2. The molecule has 10 heteroatoms. The van der Waals surface area contributed by atoms with E-state index in [1.54, 1.807) is 30.5 Å². The minimum absolute atomic E-state index is 0.0961. The molecule has 168 valence electrons. The van der Waals surface area contributed by atoms with Gasteiger partial charge in [-0.25, -0.2) is 9.97 Å². The summed E-state index contributed by atoms with van der Waals surface area (Å²) in [7, 11) is 0. The summed E-state index contributed by atoms with van der Waals surface area (Å²) in [5, 5.41) is 8.91. The number of amides is 2. The predicted octanol–water partition coefficient (Wildman–Crippen LogP) is 3.09. The second-order valence-corrected chi connectivity index (χ2v) is 8.81. The Morgan fingerprint density at radius 2 is 1.94 bits per heavy atom. The summed E-state index contributed by atoms with van der Waals surface area (Å²) < 4.78 is 11.7. The first kappa shape index (κ1) is 21.7. The monoisotopic (exact) mass is 557 g/mol. The number of hydrogen-bond acceptors (Lipinski definition) is 7. The highest BCUT2D eigenvalue weighted by atomic mass is 127. The van der Waals surface area contributed by atoms with Gasteiger partial charge in [0.25, 0.3) is 5.91 Å². The van der Waals surface area contributed by atoms with Gasteiger partial charge < -0.3 is 25.4 Å². The first-order chi connectivity index (χ1) is 16.0. The summed E-state index contributed by atoms with van der Waals surface area (Å²) >= 11 is 2.21. The fraction of sp³-hybridized carbons (Fsp3) is 0.217. The van der Waals surface area contributed by atoms with Crippen LogP contribution in [0.5, 0.6) is 0 Å². The molecule has 5 rings (SSSR count). The van der Waals surface area contributed by atoms with Gasteiger partial charge in [-0.1, -0.05) is 0 Å². The number of halogens is 1. The average molecular weight is 557 g/mol. The van der Waals surface area contributed by atoms with Gasteiger partial charge in [-0.05, 0) is 65.1 Å². The number of rotatable bonds is 5. The third-order valence-corrected chi connectivity index (χ3v) is 5.92. The maximum absolute atomic E-state index is 12.3. The maximum atomic E-state index is 12.3. The number of carbonyl (C=O) groups is 2. The van der Waals surface area contributed by atoms with E-state index in [1.807, 2.05) is 18.2 Å². The molecular weight excluding hydrogens is 537 g/mol. The maximum Gasteiger partial charge on any atom is 0.251 e. The van der Waals surface area contributed by atoms with E-state index >= 15 is 0 Å². The van der Waals surface area contributed by atoms with E-state index in [-0.39, 0.29) is 24.5 Å². The summed E-state index contributed by atoms with van der Waals surface area (Å²) in [6.07, 6.45) is 1.49. The highest BCUT2D eigenvalue weighted by Gasteiger charge is 2.21. The van der Waals surface area contributed by atoms with Crippen molar-refractivity contribution in [1.82, 2.24) is 15.3 Å². The van der Waals surface area contributed by atoms with Crippen molar-refractivity contribution in [1.29, 1.82) is 0 Å². The van der Waals surface area contributed by atoms with Gasteiger partial charge in [-0.2, -0.15) is 0 Å². The molecule has 0 spiro atoms. The SMILES string of the molecule is O=C1Cc2cnc(Nc3ccc(C(=O)NCC4OCCO4)cc3)nc2-c2ccc(I)cc2N1. The lowest BCUT2D eigenvalue weighted by Crippen LogP contribution is -2.32. The molecule has 33 heavy (non-hydrogen) atoms.